The molecule has 304 valence electrons. The highest BCUT2D eigenvalue weighted by molar-refractivity contribution is 5.76. The first-order valence-corrected chi connectivity index (χ1v) is 17.6. The smallest absolute Gasteiger partial charge is 0.220 e. The minimum Gasteiger partial charge on any atom is -0.394 e. The Morgan fingerprint density at radius 3 is 1.65 bits per heavy atom. The molecule has 52 heavy (non-hydrogen) atoms. The second kappa shape index (κ2) is 22.6. The Hall–Kier alpha value is -1.70. The molecule has 0 saturated carbocycles. The summed E-state index contributed by atoms with van der Waals surface area (Å²) in [6, 6.07) is -3.57. The predicted octanol–water partition coefficient (Wildman–Crippen LogP) is -4.56. The SMILES string of the molecule is CCCC(=O)NC1[C@H](OC)OC(COCCO)[C@H](O[C@@H]2OC(COCCO)[C@H](O[C@@H]3OC(COCCO)[C@H](C)[C@@H](O)C3N)[C@@H](O)C2NC(C)=O)[C@H]1O. The number of aliphatic hydroxyl groups excluding tert-OH is 6. The molecule has 15 atom stereocenters. The number of nitrogens with one attached hydrogen (secondary N) is 2. The molecular formula is C32H59N3O17. The summed E-state index contributed by atoms with van der Waals surface area (Å²) in [5, 5.41) is 67.6. The number of hydrogen-bond donors (Lipinski definition) is 9. The third-order valence-electron chi connectivity index (χ3n) is 9.03. The maximum atomic E-state index is 12.6. The Bertz CT molecular complexity index is 1050. The van der Waals surface area contributed by atoms with Gasteiger partial charge in [0.05, 0.1) is 77.7 Å². The van der Waals surface area contributed by atoms with Gasteiger partial charge in [-0.1, -0.05) is 13.8 Å². The van der Waals surface area contributed by atoms with Gasteiger partial charge in [-0.3, -0.25) is 9.59 Å². The number of nitrogens with two attached hydrogens (primary N) is 1. The van der Waals surface area contributed by atoms with Crippen molar-refractivity contribution in [3.05, 3.63) is 0 Å². The van der Waals surface area contributed by atoms with Crippen LogP contribution >= 0.6 is 0 Å². The molecule has 0 aliphatic carbocycles. The maximum Gasteiger partial charge on any atom is 0.220 e. The second-order valence-corrected chi connectivity index (χ2v) is 12.9. The minimum atomic E-state index is -1.61. The Morgan fingerprint density at radius 2 is 1.17 bits per heavy atom. The monoisotopic (exact) mass is 757 g/mol. The van der Waals surface area contributed by atoms with Gasteiger partial charge in [0.25, 0.3) is 0 Å². The average Bonchev–Trinajstić information content (AvgIpc) is 3.11. The number of ether oxygens (including phenoxy) is 9. The molecule has 0 aromatic heterocycles. The van der Waals surface area contributed by atoms with Crippen LogP contribution in [0.15, 0.2) is 0 Å². The number of amides is 2. The molecule has 20 heteroatoms. The Kier molecular flexibility index (Phi) is 19.4. The maximum absolute atomic E-state index is 12.6. The van der Waals surface area contributed by atoms with Crippen molar-refractivity contribution in [2.75, 3.05) is 66.6 Å². The molecule has 0 spiro atoms. The Balaban J connectivity index is 1.94. The highest BCUT2D eigenvalue weighted by atomic mass is 16.7. The molecule has 20 nitrogen and oxygen atoms in total. The molecule has 3 saturated heterocycles. The van der Waals surface area contributed by atoms with Crippen LogP contribution in [0, 0.1) is 5.92 Å². The van der Waals surface area contributed by atoms with Crippen LogP contribution in [0.2, 0.25) is 0 Å². The molecule has 3 fully saturated rings. The van der Waals surface area contributed by atoms with Crippen molar-refractivity contribution in [3.8, 4) is 0 Å². The lowest BCUT2D eigenvalue weighted by atomic mass is 9.89. The quantitative estimate of drug-likeness (QED) is 0.0498. The van der Waals surface area contributed by atoms with E-state index in [0.29, 0.717) is 6.42 Å². The van der Waals surface area contributed by atoms with Crippen LogP contribution in [0.25, 0.3) is 0 Å². The largest absolute Gasteiger partial charge is 0.394 e. The van der Waals surface area contributed by atoms with Crippen LogP contribution in [0.5, 0.6) is 0 Å². The minimum absolute atomic E-state index is 0.00134. The van der Waals surface area contributed by atoms with Gasteiger partial charge in [-0.25, -0.2) is 0 Å². The van der Waals surface area contributed by atoms with Gasteiger partial charge in [0.1, 0.15) is 48.7 Å². The number of hydrogen-bond acceptors (Lipinski definition) is 18. The summed E-state index contributed by atoms with van der Waals surface area (Å²) < 4.78 is 52.9. The van der Waals surface area contributed by atoms with Crippen LogP contribution in [-0.4, -0.2) is 195 Å². The number of carbonyl (C=O) groups excluding carboxylic acids is 2. The summed E-state index contributed by atoms with van der Waals surface area (Å²) in [5.74, 6) is -1.45. The molecule has 3 aliphatic heterocycles. The Labute approximate surface area is 303 Å². The van der Waals surface area contributed by atoms with Crippen LogP contribution in [0.1, 0.15) is 33.6 Å². The lowest BCUT2D eigenvalue weighted by Crippen LogP contribution is -2.70. The van der Waals surface area contributed by atoms with Gasteiger partial charge in [0.15, 0.2) is 18.9 Å². The summed E-state index contributed by atoms with van der Waals surface area (Å²) in [4.78, 5) is 25.1. The molecule has 2 amide bonds. The third kappa shape index (κ3) is 12.2. The Morgan fingerprint density at radius 1 is 0.712 bits per heavy atom. The van der Waals surface area contributed by atoms with Crippen LogP contribution in [-0.2, 0) is 52.2 Å². The average molecular weight is 758 g/mol. The van der Waals surface area contributed by atoms with Gasteiger partial charge >= 0.3 is 0 Å². The first-order valence-electron chi connectivity index (χ1n) is 17.6. The normalized spacial score (nSPS) is 38.2. The van der Waals surface area contributed by atoms with Crippen molar-refractivity contribution in [1.82, 2.24) is 10.6 Å². The molecule has 0 aromatic rings. The van der Waals surface area contributed by atoms with E-state index in [1.54, 1.807) is 6.92 Å². The molecule has 6 unspecified atom stereocenters. The summed E-state index contributed by atoms with van der Waals surface area (Å²) >= 11 is 0. The van der Waals surface area contributed by atoms with Crippen LogP contribution in [0.3, 0.4) is 0 Å². The summed E-state index contributed by atoms with van der Waals surface area (Å²) in [7, 11) is 1.33. The molecule has 0 bridgehead atoms. The molecule has 0 radical (unpaired) electrons. The first kappa shape index (κ1) is 44.7. The fraction of sp³-hybridized carbons (Fsp3) is 0.938. The third-order valence-corrected chi connectivity index (χ3v) is 9.03. The van der Waals surface area contributed by atoms with Crippen molar-refractivity contribution in [3.63, 3.8) is 0 Å². The van der Waals surface area contributed by atoms with Crippen LogP contribution in [0.4, 0.5) is 0 Å². The van der Waals surface area contributed by atoms with Crippen molar-refractivity contribution in [1.29, 1.82) is 0 Å². The van der Waals surface area contributed by atoms with E-state index in [1.165, 1.54) is 14.0 Å². The van der Waals surface area contributed by atoms with Gasteiger partial charge in [-0.05, 0) is 6.42 Å². The van der Waals surface area contributed by atoms with E-state index in [-0.39, 0.29) is 71.8 Å². The van der Waals surface area contributed by atoms with E-state index in [1.807, 2.05) is 6.92 Å². The van der Waals surface area contributed by atoms with Gasteiger partial charge in [0.2, 0.25) is 11.8 Å². The highest BCUT2D eigenvalue weighted by Crippen LogP contribution is 2.34. The van der Waals surface area contributed by atoms with E-state index in [9.17, 15) is 35.1 Å². The molecule has 3 heterocycles. The number of aliphatic hydroxyl groups is 6. The highest BCUT2D eigenvalue weighted by Gasteiger charge is 2.54. The van der Waals surface area contributed by atoms with Crippen molar-refractivity contribution in [2.45, 2.75) is 119 Å². The summed E-state index contributed by atoms with van der Waals surface area (Å²) in [6.07, 6.45) is -13.1. The number of carbonyl (C=O) groups is 2. The van der Waals surface area contributed by atoms with Gasteiger partial charge in [0, 0.05) is 26.4 Å². The fourth-order valence-electron chi connectivity index (χ4n) is 6.32. The van der Waals surface area contributed by atoms with E-state index in [0.717, 1.165) is 0 Å². The number of methoxy groups -OCH3 is 1. The fourth-order valence-corrected chi connectivity index (χ4v) is 6.32. The zero-order chi connectivity index (χ0) is 38.4. The number of rotatable bonds is 21. The molecule has 3 rings (SSSR count). The lowest BCUT2D eigenvalue weighted by molar-refractivity contribution is -0.351. The molecule has 10 N–H and O–H groups in total. The van der Waals surface area contributed by atoms with E-state index in [4.69, 9.17) is 53.5 Å². The van der Waals surface area contributed by atoms with Crippen molar-refractivity contribution < 1.29 is 82.9 Å². The van der Waals surface area contributed by atoms with E-state index >= 15 is 0 Å². The molecule has 0 aromatic carbocycles. The van der Waals surface area contributed by atoms with E-state index in [2.05, 4.69) is 10.6 Å². The van der Waals surface area contributed by atoms with Crippen LogP contribution < -0.4 is 16.4 Å². The van der Waals surface area contributed by atoms with Gasteiger partial charge in [-0.2, -0.15) is 0 Å². The zero-order valence-corrected chi connectivity index (χ0v) is 30.2. The summed E-state index contributed by atoms with van der Waals surface area (Å²) in [6.45, 7) is 3.26. The lowest BCUT2D eigenvalue weighted by Gasteiger charge is -2.50. The topological polar surface area (TPSA) is 289 Å². The molecule has 3 aliphatic rings. The zero-order valence-electron chi connectivity index (χ0n) is 30.2. The second-order valence-electron chi connectivity index (χ2n) is 12.9. The molecular weight excluding hydrogens is 698 g/mol. The predicted molar refractivity (Wildman–Crippen MR) is 176 cm³/mol. The van der Waals surface area contributed by atoms with Gasteiger partial charge < -0.3 is 89.6 Å². The van der Waals surface area contributed by atoms with Crippen molar-refractivity contribution in [2.24, 2.45) is 11.7 Å². The van der Waals surface area contributed by atoms with Gasteiger partial charge in [-0.15, -0.1) is 0 Å². The van der Waals surface area contributed by atoms with Crippen molar-refractivity contribution >= 4 is 11.8 Å². The first-order chi connectivity index (χ1) is 24.9. The standard InChI is InChI=1S/C32H59N3O17/c1-5-6-21(40)35-23-26(42)29(19(14-46-11-8-37)49-31(23)44-4)52-32-24(34-17(3)39)27(43)28(20(50-32)15-47-12-9-38)51-30-22(33)25(41)16(2)18(48-30)13-45-10-7-36/h16,18-20,22-32,36-38,41-43H,5-15,33H2,1-4H3,(H,34,39)(H,35,40)/t16-,18?,19?,20?,22?,23?,24?,25+,26-,27-,28-,29-,30-,31+,32-/m0/s1. The van der Waals surface area contributed by atoms with E-state index < -0.39 is 97.7 Å². The summed E-state index contributed by atoms with van der Waals surface area (Å²) in [5.41, 5.74) is 6.32.